The van der Waals surface area contributed by atoms with Gasteiger partial charge in [0.05, 0.1) is 15.8 Å². The zero-order chi connectivity index (χ0) is 22.6. The number of carbonyl (C=O) groups excluding carboxylic acids is 1. The molecule has 1 heterocycles. The van der Waals surface area contributed by atoms with Crippen molar-refractivity contribution < 1.29 is 17.6 Å². The quantitative estimate of drug-likeness (QED) is 0.455. The molecule has 0 unspecified atom stereocenters. The van der Waals surface area contributed by atoms with Gasteiger partial charge in [-0.1, -0.05) is 11.8 Å². The Morgan fingerprint density at radius 1 is 1.06 bits per heavy atom. The van der Waals surface area contributed by atoms with Crippen molar-refractivity contribution in [3.05, 3.63) is 59.7 Å². The van der Waals surface area contributed by atoms with Crippen molar-refractivity contribution in [1.29, 1.82) is 0 Å². The molecule has 0 aliphatic rings. The van der Waals surface area contributed by atoms with E-state index in [4.69, 9.17) is 0 Å². The fraction of sp³-hybridized carbons (Fsp3) is 0.238. The molecule has 0 bridgehead atoms. The van der Waals surface area contributed by atoms with Crippen LogP contribution < -0.4 is 10.0 Å². The van der Waals surface area contributed by atoms with E-state index in [0.717, 1.165) is 15.6 Å². The molecule has 3 aromatic rings. The van der Waals surface area contributed by atoms with E-state index in [-0.39, 0.29) is 22.7 Å². The summed E-state index contributed by atoms with van der Waals surface area (Å²) in [6.07, 6.45) is 0. The number of hydrogen-bond acceptors (Lipinski definition) is 6. The van der Waals surface area contributed by atoms with Gasteiger partial charge in [0.2, 0.25) is 15.9 Å². The Balaban J connectivity index is 1.60. The predicted molar refractivity (Wildman–Crippen MR) is 123 cm³/mol. The van der Waals surface area contributed by atoms with Crippen molar-refractivity contribution >= 4 is 44.7 Å². The van der Waals surface area contributed by atoms with Gasteiger partial charge in [0.1, 0.15) is 5.82 Å². The summed E-state index contributed by atoms with van der Waals surface area (Å²) >= 11 is 2.73. The smallest absolute Gasteiger partial charge is 0.240 e. The van der Waals surface area contributed by atoms with Gasteiger partial charge in [0.25, 0.3) is 0 Å². The molecule has 0 aliphatic carbocycles. The van der Waals surface area contributed by atoms with Crippen LogP contribution in [0.2, 0.25) is 0 Å². The highest BCUT2D eigenvalue weighted by Crippen LogP contribution is 2.31. The summed E-state index contributed by atoms with van der Waals surface area (Å²) in [7, 11) is -3.58. The first kappa shape index (κ1) is 23.4. The molecular weight excluding hydrogens is 457 g/mol. The minimum atomic E-state index is -3.58. The number of thiazole rings is 1. The highest BCUT2D eigenvalue weighted by molar-refractivity contribution is 8.02. The van der Waals surface area contributed by atoms with Gasteiger partial charge in [-0.05, 0) is 69.3 Å². The molecule has 3 rings (SSSR count). The Labute approximate surface area is 189 Å². The van der Waals surface area contributed by atoms with Gasteiger partial charge in [-0.15, -0.1) is 11.3 Å². The van der Waals surface area contributed by atoms with E-state index in [0.29, 0.717) is 5.69 Å². The second-order valence-corrected chi connectivity index (χ2v) is 11.2. The van der Waals surface area contributed by atoms with Crippen LogP contribution in [0.4, 0.5) is 10.1 Å². The van der Waals surface area contributed by atoms with Crippen molar-refractivity contribution in [1.82, 2.24) is 9.71 Å². The summed E-state index contributed by atoms with van der Waals surface area (Å²) in [5.74, 6) is -0.528. The molecule has 0 fully saturated rings. The van der Waals surface area contributed by atoms with Gasteiger partial charge in [-0.2, -0.15) is 0 Å². The van der Waals surface area contributed by atoms with Crippen molar-refractivity contribution in [3.63, 3.8) is 0 Å². The molecule has 0 saturated carbocycles. The van der Waals surface area contributed by atoms with Gasteiger partial charge in [-0.25, -0.2) is 22.5 Å². The van der Waals surface area contributed by atoms with E-state index in [1.54, 1.807) is 45.0 Å². The number of sulfonamides is 1. The minimum absolute atomic E-state index is 0.137. The molecular formula is C21H22FN3O3S3. The lowest BCUT2D eigenvalue weighted by atomic mass is 10.2. The number of nitrogens with one attached hydrogen (secondary N) is 2. The highest BCUT2D eigenvalue weighted by Gasteiger charge is 2.18. The molecule has 6 nitrogen and oxygen atoms in total. The third kappa shape index (κ3) is 6.36. The van der Waals surface area contributed by atoms with Gasteiger partial charge in [0, 0.05) is 22.7 Å². The third-order valence-corrected chi connectivity index (χ3v) is 7.84. The maximum Gasteiger partial charge on any atom is 0.240 e. The maximum absolute atomic E-state index is 13.1. The van der Waals surface area contributed by atoms with Crippen LogP contribution >= 0.6 is 23.1 Å². The fourth-order valence-electron chi connectivity index (χ4n) is 2.61. The molecule has 31 heavy (non-hydrogen) atoms. The number of nitrogens with zero attached hydrogens (tertiary/aromatic N) is 1. The van der Waals surface area contributed by atoms with Crippen molar-refractivity contribution in [2.75, 3.05) is 5.32 Å². The fourth-order valence-corrected chi connectivity index (χ4v) is 5.83. The molecule has 2 aromatic carbocycles. The average molecular weight is 480 g/mol. The first-order chi connectivity index (χ1) is 14.6. The summed E-state index contributed by atoms with van der Waals surface area (Å²) in [5, 5.41) is 4.23. The normalized spacial score (nSPS) is 12.7. The zero-order valence-corrected chi connectivity index (χ0v) is 19.6. The number of halogens is 1. The summed E-state index contributed by atoms with van der Waals surface area (Å²) in [6.45, 7) is 5.26. The lowest BCUT2D eigenvalue weighted by Gasteiger charge is -2.12. The molecule has 0 radical (unpaired) electrons. The summed E-state index contributed by atoms with van der Waals surface area (Å²) in [6, 6.07) is 11.9. The number of aromatic nitrogens is 1. The molecule has 0 saturated heterocycles. The van der Waals surface area contributed by atoms with Crippen LogP contribution in [0.15, 0.2) is 63.1 Å². The molecule has 1 atom stereocenters. The SMILES string of the molecule is CC(C)NS(=O)(=O)c1ccc(NC(=O)[C@H](C)Sc2nc(-c3ccc(F)cc3)cs2)cc1. The Hall–Kier alpha value is -2.27. The number of anilines is 1. The Kier molecular flexibility index (Phi) is 7.47. The maximum atomic E-state index is 13.1. The lowest BCUT2D eigenvalue weighted by molar-refractivity contribution is -0.115. The van der Waals surface area contributed by atoms with E-state index >= 15 is 0 Å². The zero-order valence-electron chi connectivity index (χ0n) is 17.1. The largest absolute Gasteiger partial charge is 0.325 e. The van der Waals surface area contributed by atoms with Crippen LogP contribution in [0.5, 0.6) is 0 Å². The number of hydrogen-bond donors (Lipinski definition) is 2. The van der Waals surface area contributed by atoms with Crippen molar-refractivity contribution in [2.45, 2.75) is 41.3 Å². The minimum Gasteiger partial charge on any atom is -0.325 e. The number of rotatable bonds is 8. The lowest BCUT2D eigenvalue weighted by Crippen LogP contribution is -2.30. The molecule has 1 aromatic heterocycles. The monoisotopic (exact) mass is 479 g/mol. The van der Waals surface area contributed by atoms with Crippen LogP contribution in [0.1, 0.15) is 20.8 Å². The predicted octanol–water partition coefficient (Wildman–Crippen LogP) is 4.76. The van der Waals surface area contributed by atoms with E-state index < -0.39 is 15.3 Å². The molecule has 10 heteroatoms. The number of carbonyl (C=O) groups is 1. The molecule has 1 amide bonds. The standard InChI is InChI=1S/C21H22FN3O3S3/c1-13(2)25-31(27,28)18-10-8-17(9-11-18)23-20(26)14(3)30-21-24-19(12-29-21)15-4-6-16(22)7-5-15/h4-14,25H,1-3H3,(H,23,26)/t14-/m0/s1. The molecule has 2 N–H and O–H groups in total. The Bertz CT molecular complexity index is 1140. The van der Waals surface area contributed by atoms with Gasteiger partial charge >= 0.3 is 0 Å². The highest BCUT2D eigenvalue weighted by atomic mass is 32.2. The van der Waals surface area contributed by atoms with E-state index in [2.05, 4.69) is 15.0 Å². The molecule has 0 aliphatic heterocycles. The van der Waals surface area contributed by atoms with E-state index in [1.807, 2.05) is 5.38 Å². The van der Waals surface area contributed by atoms with E-state index in [9.17, 15) is 17.6 Å². The van der Waals surface area contributed by atoms with Gasteiger partial charge in [0.15, 0.2) is 4.34 Å². The van der Waals surface area contributed by atoms with Crippen LogP contribution in [-0.4, -0.2) is 30.6 Å². The molecule has 164 valence electrons. The van der Waals surface area contributed by atoms with Crippen molar-refractivity contribution in [3.8, 4) is 11.3 Å². The van der Waals surface area contributed by atoms with Crippen LogP contribution in [0.25, 0.3) is 11.3 Å². The molecule has 0 spiro atoms. The van der Waals surface area contributed by atoms with Crippen LogP contribution in [-0.2, 0) is 14.8 Å². The summed E-state index contributed by atoms with van der Waals surface area (Å²) < 4.78 is 40.7. The first-order valence-electron chi connectivity index (χ1n) is 9.45. The Morgan fingerprint density at radius 3 is 2.32 bits per heavy atom. The van der Waals surface area contributed by atoms with Crippen LogP contribution in [0, 0.1) is 5.82 Å². The number of amides is 1. The Morgan fingerprint density at radius 2 is 1.71 bits per heavy atom. The summed E-state index contributed by atoms with van der Waals surface area (Å²) in [5.41, 5.74) is 2.04. The van der Waals surface area contributed by atoms with Crippen LogP contribution in [0.3, 0.4) is 0 Å². The first-order valence-corrected chi connectivity index (χ1v) is 12.7. The second kappa shape index (κ2) is 9.90. The number of thioether (sulfide) groups is 1. The average Bonchev–Trinajstić information content (AvgIpc) is 3.16. The number of benzene rings is 2. The van der Waals surface area contributed by atoms with Gasteiger partial charge < -0.3 is 5.32 Å². The second-order valence-electron chi connectivity index (χ2n) is 7.06. The van der Waals surface area contributed by atoms with Gasteiger partial charge in [-0.3, -0.25) is 4.79 Å². The summed E-state index contributed by atoms with van der Waals surface area (Å²) in [4.78, 5) is 17.2. The van der Waals surface area contributed by atoms with Crippen molar-refractivity contribution in [2.24, 2.45) is 0 Å². The topological polar surface area (TPSA) is 88.2 Å². The van der Waals surface area contributed by atoms with E-state index in [1.165, 1.54) is 47.4 Å². The third-order valence-electron chi connectivity index (χ3n) is 4.09.